The zero-order valence-electron chi connectivity index (χ0n) is 19.7. The first-order chi connectivity index (χ1) is 16.8. The molecule has 2 aromatic carbocycles. The van der Waals surface area contributed by atoms with E-state index in [1.165, 1.54) is 17.3 Å². The second kappa shape index (κ2) is 11.4. The summed E-state index contributed by atoms with van der Waals surface area (Å²) in [6, 6.07) is 10.5. The third-order valence-corrected chi connectivity index (χ3v) is 6.53. The Morgan fingerprint density at radius 2 is 2.00 bits per heavy atom. The summed E-state index contributed by atoms with van der Waals surface area (Å²) in [6.45, 7) is 3.30. The second-order valence-electron chi connectivity index (χ2n) is 8.84. The Bertz CT molecular complexity index is 1320. The Balaban J connectivity index is 1.73. The van der Waals surface area contributed by atoms with Crippen LogP contribution in [0, 0.1) is 0 Å². The Morgan fingerprint density at radius 1 is 1.23 bits per heavy atom. The molecule has 0 aliphatic heterocycles. The minimum Gasteiger partial charge on any atom is -0.481 e. The molecule has 1 saturated carbocycles. The first-order valence-electron chi connectivity index (χ1n) is 11.7. The van der Waals surface area contributed by atoms with Gasteiger partial charge in [-0.25, -0.2) is 9.78 Å². The number of ether oxygens (including phenoxy) is 2. The van der Waals surface area contributed by atoms with Gasteiger partial charge in [0.2, 0.25) is 0 Å². The fourth-order valence-corrected chi connectivity index (χ4v) is 4.75. The number of rotatable bonds is 7. The number of aromatic nitrogens is 2. The number of benzene rings is 2. The van der Waals surface area contributed by atoms with Gasteiger partial charge in [-0.1, -0.05) is 46.8 Å². The molecule has 0 bridgehead atoms. The number of nitrogens with zero attached hydrogens (tertiary/aromatic N) is 3. The van der Waals surface area contributed by atoms with E-state index in [0.29, 0.717) is 33.1 Å². The quantitative estimate of drug-likeness (QED) is 0.259. The number of hydrogen-bond acceptors (Lipinski definition) is 6. The van der Waals surface area contributed by atoms with Gasteiger partial charge < -0.3 is 9.47 Å². The van der Waals surface area contributed by atoms with Crippen LogP contribution in [0.1, 0.15) is 63.3 Å². The molecule has 0 saturated heterocycles. The van der Waals surface area contributed by atoms with Crippen molar-refractivity contribution in [3.63, 3.8) is 0 Å². The predicted molar refractivity (Wildman–Crippen MR) is 141 cm³/mol. The topological polar surface area (TPSA) is 82.8 Å². The summed E-state index contributed by atoms with van der Waals surface area (Å²) >= 11 is 9.65. The number of esters is 1. The van der Waals surface area contributed by atoms with Crippen LogP contribution in [0.2, 0.25) is 5.02 Å². The van der Waals surface area contributed by atoms with Crippen molar-refractivity contribution < 1.29 is 14.3 Å². The molecule has 184 valence electrons. The van der Waals surface area contributed by atoms with Crippen molar-refractivity contribution in [1.29, 1.82) is 0 Å². The average Bonchev–Trinajstić information content (AvgIpc) is 2.83. The molecule has 1 aliphatic carbocycles. The number of carbonyl (C=O) groups is 1. The lowest BCUT2D eigenvalue weighted by Crippen LogP contribution is -2.25. The third kappa shape index (κ3) is 6.30. The summed E-state index contributed by atoms with van der Waals surface area (Å²) in [5.74, 6) is 0.744. The maximum absolute atomic E-state index is 13.5. The molecular weight excluding hydrogens is 534 g/mol. The van der Waals surface area contributed by atoms with Crippen LogP contribution < -0.4 is 10.3 Å². The van der Waals surface area contributed by atoms with Crippen molar-refractivity contribution in [1.82, 2.24) is 9.66 Å². The first-order valence-corrected chi connectivity index (χ1v) is 12.9. The van der Waals surface area contributed by atoms with Gasteiger partial charge in [-0.15, -0.1) is 0 Å². The van der Waals surface area contributed by atoms with Gasteiger partial charge in [0.25, 0.3) is 5.56 Å². The minimum atomic E-state index is -0.474. The Hall–Kier alpha value is -2.71. The van der Waals surface area contributed by atoms with Crippen molar-refractivity contribution in [2.75, 3.05) is 6.61 Å². The molecule has 3 aromatic rings. The lowest BCUT2D eigenvalue weighted by atomic mass is 9.88. The van der Waals surface area contributed by atoms with Crippen LogP contribution in [0.15, 0.2) is 50.8 Å². The molecule has 0 atom stereocenters. The van der Waals surface area contributed by atoms with Crippen LogP contribution >= 0.6 is 27.5 Å². The number of halogens is 2. The highest BCUT2D eigenvalue weighted by Gasteiger charge is 2.22. The van der Waals surface area contributed by atoms with Gasteiger partial charge in [-0.3, -0.25) is 4.79 Å². The van der Waals surface area contributed by atoms with E-state index in [1.807, 2.05) is 12.1 Å². The molecule has 0 N–H and O–H groups in total. The van der Waals surface area contributed by atoms with E-state index in [1.54, 1.807) is 38.1 Å². The first kappa shape index (κ1) is 25.4. The lowest BCUT2D eigenvalue weighted by molar-refractivity contribution is -0.149. The lowest BCUT2D eigenvalue weighted by Gasteiger charge is -2.22. The van der Waals surface area contributed by atoms with Gasteiger partial charge in [-0.2, -0.15) is 9.78 Å². The fraction of sp³-hybridized carbons (Fsp3) is 0.385. The van der Waals surface area contributed by atoms with Crippen LogP contribution in [0.25, 0.3) is 10.9 Å². The summed E-state index contributed by atoms with van der Waals surface area (Å²) < 4.78 is 13.0. The van der Waals surface area contributed by atoms with Crippen molar-refractivity contribution >= 4 is 50.6 Å². The zero-order chi connectivity index (χ0) is 24.9. The molecule has 7 nitrogen and oxygen atoms in total. The van der Waals surface area contributed by atoms with E-state index in [2.05, 4.69) is 21.0 Å². The van der Waals surface area contributed by atoms with Crippen LogP contribution in [-0.4, -0.2) is 34.6 Å². The van der Waals surface area contributed by atoms with Gasteiger partial charge in [0.15, 0.2) is 6.61 Å². The third-order valence-electron chi connectivity index (χ3n) is 5.80. The number of fused-ring (bicyclic) bond motifs is 1. The fourth-order valence-electron chi connectivity index (χ4n) is 4.21. The van der Waals surface area contributed by atoms with E-state index in [0.717, 1.165) is 30.2 Å². The summed E-state index contributed by atoms with van der Waals surface area (Å²) in [4.78, 5) is 30.3. The van der Waals surface area contributed by atoms with E-state index in [9.17, 15) is 9.59 Å². The van der Waals surface area contributed by atoms with Gasteiger partial charge in [0.05, 0.1) is 23.2 Å². The predicted octanol–water partition coefficient (Wildman–Crippen LogP) is 6.07. The Morgan fingerprint density at radius 3 is 2.74 bits per heavy atom. The van der Waals surface area contributed by atoms with E-state index >= 15 is 0 Å². The standard InChI is InChI=1S/C26H27BrClN3O4/c1-16(2)35-24(32)15-34-23-11-9-20(28)12-18(23)14-29-31-25(17-6-4-3-5-7-17)30-22-10-8-19(27)13-21(22)26(31)33/h8-14,16-17H,3-7,15H2,1-2H3. The summed E-state index contributed by atoms with van der Waals surface area (Å²) in [5.41, 5.74) is 0.949. The summed E-state index contributed by atoms with van der Waals surface area (Å²) in [7, 11) is 0. The highest BCUT2D eigenvalue weighted by molar-refractivity contribution is 9.10. The molecule has 9 heteroatoms. The van der Waals surface area contributed by atoms with Crippen LogP contribution in [0.4, 0.5) is 0 Å². The smallest absolute Gasteiger partial charge is 0.344 e. The maximum Gasteiger partial charge on any atom is 0.344 e. The molecule has 0 radical (unpaired) electrons. The van der Waals surface area contributed by atoms with Crippen LogP contribution in [0.3, 0.4) is 0 Å². The van der Waals surface area contributed by atoms with Gasteiger partial charge in [0, 0.05) is 21.0 Å². The molecule has 1 fully saturated rings. The van der Waals surface area contributed by atoms with Crippen molar-refractivity contribution in [2.45, 2.75) is 58.0 Å². The monoisotopic (exact) mass is 559 g/mol. The molecule has 4 rings (SSSR count). The summed E-state index contributed by atoms with van der Waals surface area (Å²) in [5, 5.41) is 5.51. The molecule has 0 unspecified atom stereocenters. The molecule has 1 aliphatic rings. The summed E-state index contributed by atoms with van der Waals surface area (Å²) in [6.07, 6.45) is 6.60. The molecule has 0 amide bonds. The van der Waals surface area contributed by atoms with E-state index < -0.39 is 5.97 Å². The van der Waals surface area contributed by atoms with Crippen LogP contribution in [0.5, 0.6) is 5.75 Å². The van der Waals surface area contributed by atoms with Crippen molar-refractivity contribution in [3.8, 4) is 5.75 Å². The molecule has 1 aromatic heterocycles. The molecule has 0 spiro atoms. The van der Waals surface area contributed by atoms with Crippen molar-refractivity contribution in [2.24, 2.45) is 5.10 Å². The highest BCUT2D eigenvalue weighted by Crippen LogP contribution is 2.32. The molecule has 35 heavy (non-hydrogen) atoms. The molecule has 1 heterocycles. The number of carbonyl (C=O) groups excluding carboxylic acids is 1. The maximum atomic E-state index is 13.5. The van der Waals surface area contributed by atoms with Crippen molar-refractivity contribution in [3.05, 3.63) is 67.6 Å². The van der Waals surface area contributed by atoms with Crippen LogP contribution in [-0.2, 0) is 9.53 Å². The zero-order valence-corrected chi connectivity index (χ0v) is 22.0. The minimum absolute atomic E-state index is 0.155. The number of hydrogen-bond donors (Lipinski definition) is 0. The van der Waals surface area contributed by atoms with Gasteiger partial charge in [0.1, 0.15) is 11.6 Å². The normalized spacial score (nSPS) is 14.7. The van der Waals surface area contributed by atoms with E-state index in [-0.39, 0.29) is 24.2 Å². The van der Waals surface area contributed by atoms with Gasteiger partial charge in [-0.05, 0) is 63.1 Å². The van der Waals surface area contributed by atoms with E-state index in [4.69, 9.17) is 26.1 Å². The largest absolute Gasteiger partial charge is 0.481 e. The SMILES string of the molecule is CC(C)OC(=O)COc1ccc(Cl)cc1C=Nn1c(C2CCCCC2)nc2ccc(Br)cc2c1=O. The second-order valence-corrected chi connectivity index (χ2v) is 10.2. The Kier molecular flexibility index (Phi) is 8.23. The highest BCUT2D eigenvalue weighted by atomic mass is 79.9. The Labute approximate surface area is 217 Å². The average molecular weight is 561 g/mol. The molecular formula is C26H27BrClN3O4. The van der Waals surface area contributed by atoms with Gasteiger partial charge >= 0.3 is 5.97 Å².